The van der Waals surface area contributed by atoms with Crippen LogP contribution in [0, 0.1) is 0 Å². The fraction of sp³-hybridized carbons (Fsp3) is 0.250. The third-order valence-corrected chi connectivity index (χ3v) is 2.42. The summed E-state index contributed by atoms with van der Waals surface area (Å²) in [5, 5.41) is 0. The van der Waals surface area contributed by atoms with Crippen LogP contribution in [0.1, 0.15) is 30.4 Å². The third kappa shape index (κ3) is 1.55. The van der Waals surface area contributed by atoms with Gasteiger partial charge < -0.3 is 0 Å². The number of hydrogen-bond acceptors (Lipinski definition) is 1. The lowest BCUT2D eigenvalue weighted by Crippen LogP contribution is -1.89. The second kappa shape index (κ2) is 3.56. The summed E-state index contributed by atoms with van der Waals surface area (Å²) in [7, 11) is 0. The zero-order chi connectivity index (χ0) is 9.10. The minimum Gasteiger partial charge on any atom is -0.285 e. The lowest BCUT2D eigenvalue weighted by Gasteiger charge is -2.03. The zero-order valence-electron chi connectivity index (χ0n) is 7.42. The Bertz CT molecular complexity index is 350. The number of allylic oxidation sites excluding steroid dienone is 2. The Balaban J connectivity index is 2.43. The van der Waals surface area contributed by atoms with Crippen molar-refractivity contribution < 1.29 is 4.79 Å². The minimum atomic E-state index is 0.690. The molecule has 0 saturated carbocycles. The number of rotatable bonds is 2. The highest BCUT2D eigenvalue weighted by molar-refractivity contribution is 5.86. The van der Waals surface area contributed by atoms with E-state index in [-0.39, 0.29) is 0 Å². The first kappa shape index (κ1) is 8.24. The van der Waals surface area contributed by atoms with E-state index in [9.17, 15) is 4.79 Å². The highest BCUT2D eigenvalue weighted by atomic mass is 16.1. The Morgan fingerprint density at radius 1 is 1.23 bits per heavy atom. The van der Waals surface area contributed by atoms with E-state index in [1.165, 1.54) is 12.0 Å². The molecule has 1 aromatic carbocycles. The summed E-state index contributed by atoms with van der Waals surface area (Å²) in [6.45, 7) is 0. The van der Waals surface area contributed by atoms with Crippen molar-refractivity contribution >= 4 is 11.9 Å². The largest absolute Gasteiger partial charge is 0.285 e. The summed E-state index contributed by atoms with van der Waals surface area (Å²) >= 11 is 0. The molecule has 1 heteroatoms. The molecule has 0 aliphatic heterocycles. The van der Waals surface area contributed by atoms with Crippen LogP contribution in [0.3, 0.4) is 0 Å². The van der Waals surface area contributed by atoms with E-state index < -0.39 is 0 Å². The number of hydrogen-bond donors (Lipinski definition) is 0. The van der Waals surface area contributed by atoms with Crippen LogP contribution in [0.5, 0.6) is 0 Å². The molecule has 0 amide bonds. The molecule has 0 aromatic heterocycles. The van der Waals surface area contributed by atoms with Crippen LogP contribution < -0.4 is 0 Å². The SMILES string of the molecule is O=[C]c1ccccc1C1=CCCC1. The van der Waals surface area contributed by atoms with Gasteiger partial charge in [0.2, 0.25) is 6.29 Å². The molecule has 1 nitrogen and oxygen atoms in total. The van der Waals surface area contributed by atoms with E-state index in [2.05, 4.69) is 6.08 Å². The fourth-order valence-electron chi connectivity index (χ4n) is 1.77. The molecule has 0 unspecified atom stereocenters. The Morgan fingerprint density at radius 3 is 2.77 bits per heavy atom. The lowest BCUT2D eigenvalue weighted by molar-refractivity contribution is 0.562. The molecule has 0 N–H and O–H groups in total. The molecule has 0 saturated heterocycles. The summed E-state index contributed by atoms with van der Waals surface area (Å²) in [5.41, 5.74) is 3.06. The molecule has 0 atom stereocenters. The van der Waals surface area contributed by atoms with Crippen LogP contribution in [0.25, 0.3) is 5.57 Å². The van der Waals surface area contributed by atoms with Crippen LogP contribution in [0.15, 0.2) is 30.3 Å². The van der Waals surface area contributed by atoms with Crippen molar-refractivity contribution in [1.82, 2.24) is 0 Å². The van der Waals surface area contributed by atoms with Crippen LogP contribution in [-0.2, 0) is 4.79 Å². The minimum absolute atomic E-state index is 0.690. The van der Waals surface area contributed by atoms with E-state index in [0.29, 0.717) is 5.56 Å². The van der Waals surface area contributed by atoms with Crippen LogP contribution in [0.4, 0.5) is 0 Å². The lowest BCUT2D eigenvalue weighted by atomic mass is 10.0. The summed E-state index contributed by atoms with van der Waals surface area (Å²) < 4.78 is 0. The van der Waals surface area contributed by atoms with Gasteiger partial charge in [-0.15, -0.1) is 0 Å². The van der Waals surface area contributed by atoms with Crippen molar-refractivity contribution in [1.29, 1.82) is 0 Å². The Morgan fingerprint density at radius 2 is 2.08 bits per heavy atom. The van der Waals surface area contributed by atoms with Crippen molar-refractivity contribution in [3.05, 3.63) is 41.5 Å². The maximum atomic E-state index is 10.6. The van der Waals surface area contributed by atoms with Crippen LogP contribution in [-0.4, -0.2) is 6.29 Å². The number of benzene rings is 1. The van der Waals surface area contributed by atoms with Gasteiger partial charge >= 0.3 is 0 Å². The highest BCUT2D eigenvalue weighted by Crippen LogP contribution is 2.28. The fourth-order valence-corrected chi connectivity index (χ4v) is 1.77. The Labute approximate surface area is 78.1 Å². The van der Waals surface area contributed by atoms with Gasteiger partial charge in [0.25, 0.3) is 0 Å². The Hall–Kier alpha value is -1.37. The average molecular weight is 171 g/mol. The van der Waals surface area contributed by atoms with Crippen LogP contribution >= 0.6 is 0 Å². The first-order chi connectivity index (χ1) is 6.42. The van der Waals surface area contributed by atoms with Crippen molar-refractivity contribution in [2.24, 2.45) is 0 Å². The molecular weight excluding hydrogens is 160 g/mol. The van der Waals surface area contributed by atoms with E-state index in [0.717, 1.165) is 18.4 Å². The van der Waals surface area contributed by atoms with E-state index in [1.807, 2.05) is 30.6 Å². The highest BCUT2D eigenvalue weighted by Gasteiger charge is 2.10. The van der Waals surface area contributed by atoms with E-state index in [1.54, 1.807) is 0 Å². The summed E-state index contributed by atoms with van der Waals surface area (Å²) in [6, 6.07) is 7.66. The molecule has 1 aliphatic carbocycles. The zero-order valence-corrected chi connectivity index (χ0v) is 7.42. The predicted octanol–water partition coefficient (Wildman–Crippen LogP) is 2.71. The normalized spacial score (nSPS) is 15.5. The molecule has 0 heterocycles. The second-order valence-corrected chi connectivity index (χ2v) is 3.27. The molecular formula is C12H11O. The molecule has 1 aromatic rings. The second-order valence-electron chi connectivity index (χ2n) is 3.27. The summed E-state index contributed by atoms with van der Waals surface area (Å²) in [5.74, 6) is 0. The smallest absolute Gasteiger partial charge is 0.234 e. The van der Waals surface area contributed by atoms with E-state index >= 15 is 0 Å². The Kier molecular flexibility index (Phi) is 2.26. The molecule has 13 heavy (non-hydrogen) atoms. The van der Waals surface area contributed by atoms with Gasteiger partial charge in [-0.05, 0) is 30.4 Å². The standard InChI is InChI=1S/C12H11O/c13-9-11-7-3-4-8-12(11)10-5-1-2-6-10/h3-5,7-8H,1-2,6H2. The third-order valence-electron chi connectivity index (χ3n) is 2.42. The summed E-state index contributed by atoms with van der Waals surface area (Å²) in [6.07, 6.45) is 7.65. The molecule has 65 valence electrons. The maximum absolute atomic E-state index is 10.6. The molecule has 0 bridgehead atoms. The molecule has 1 radical (unpaired) electrons. The van der Waals surface area contributed by atoms with Gasteiger partial charge in [0.1, 0.15) is 0 Å². The van der Waals surface area contributed by atoms with Crippen molar-refractivity contribution in [2.45, 2.75) is 19.3 Å². The first-order valence-electron chi connectivity index (χ1n) is 4.58. The van der Waals surface area contributed by atoms with Gasteiger partial charge in [-0.2, -0.15) is 0 Å². The molecule has 0 spiro atoms. The van der Waals surface area contributed by atoms with Gasteiger partial charge in [0.15, 0.2) is 0 Å². The van der Waals surface area contributed by atoms with Crippen molar-refractivity contribution in [3.8, 4) is 0 Å². The van der Waals surface area contributed by atoms with Crippen molar-refractivity contribution in [3.63, 3.8) is 0 Å². The van der Waals surface area contributed by atoms with Gasteiger partial charge in [-0.1, -0.05) is 30.3 Å². The van der Waals surface area contributed by atoms with Crippen LogP contribution in [0.2, 0.25) is 0 Å². The number of carbonyl (C=O) groups excluding carboxylic acids is 1. The van der Waals surface area contributed by atoms with Gasteiger partial charge in [0.05, 0.1) is 0 Å². The average Bonchev–Trinajstić information content (AvgIpc) is 2.70. The molecule has 2 rings (SSSR count). The monoisotopic (exact) mass is 171 g/mol. The summed E-state index contributed by atoms with van der Waals surface area (Å²) in [4.78, 5) is 10.6. The van der Waals surface area contributed by atoms with Crippen molar-refractivity contribution in [2.75, 3.05) is 0 Å². The quantitative estimate of drug-likeness (QED) is 0.668. The maximum Gasteiger partial charge on any atom is 0.234 e. The topological polar surface area (TPSA) is 17.1 Å². The van der Waals surface area contributed by atoms with Gasteiger partial charge in [0, 0.05) is 5.56 Å². The van der Waals surface area contributed by atoms with Gasteiger partial charge in [-0.3, -0.25) is 4.79 Å². The predicted molar refractivity (Wildman–Crippen MR) is 53.1 cm³/mol. The van der Waals surface area contributed by atoms with E-state index in [4.69, 9.17) is 0 Å². The van der Waals surface area contributed by atoms with Gasteiger partial charge in [-0.25, -0.2) is 0 Å². The molecule has 0 fully saturated rings. The first-order valence-corrected chi connectivity index (χ1v) is 4.58. The molecule has 1 aliphatic rings.